The SMILES string of the molecule is COc1ccc(/C=C/C(=O)NC(=S)Nc2sc3c(c2C(N)=O)CCC(C)C3)cc1OC. The van der Waals surface area contributed by atoms with E-state index in [2.05, 4.69) is 17.6 Å². The molecule has 1 aromatic heterocycles. The van der Waals surface area contributed by atoms with Gasteiger partial charge in [0, 0.05) is 11.0 Å². The Bertz CT molecular complexity index is 1050. The second kappa shape index (κ2) is 9.93. The molecule has 9 heteroatoms. The van der Waals surface area contributed by atoms with Crippen LogP contribution in [0, 0.1) is 5.92 Å². The van der Waals surface area contributed by atoms with Crippen molar-refractivity contribution in [1.82, 2.24) is 5.32 Å². The highest BCUT2D eigenvalue weighted by Crippen LogP contribution is 2.39. The highest BCUT2D eigenvalue weighted by Gasteiger charge is 2.26. The zero-order valence-electron chi connectivity index (χ0n) is 17.6. The highest BCUT2D eigenvalue weighted by molar-refractivity contribution is 7.80. The van der Waals surface area contributed by atoms with Crippen molar-refractivity contribution in [2.45, 2.75) is 26.2 Å². The lowest BCUT2D eigenvalue weighted by molar-refractivity contribution is -0.115. The Morgan fingerprint density at radius 1 is 1.26 bits per heavy atom. The molecule has 1 aliphatic rings. The van der Waals surface area contributed by atoms with Crippen molar-refractivity contribution in [3.05, 3.63) is 45.8 Å². The second-order valence-electron chi connectivity index (χ2n) is 7.31. The number of hydrogen-bond donors (Lipinski definition) is 3. The third kappa shape index (κ3) is 5.42. The van der Waals surface area contributed by atoms with Crippen molar-refractivity contribution in [1.29, 1.82) is 0 Å². The summed E-state index contributed by atoms with van der Waals surface area (Å²) in [5, 5.41) is 6.26. The van der Waals surface area contributed by atoms with Crippen LogP contribution in [0.3, 0.4) is 0 Å². The molecule has 4 N–H and O–H groups in total. The number of nitrogens with one attached hydrogen (secondary N) is 2. The third-order valence-electron chi connectivity index (χ3n) is 5.06. The van der Waals surface area contributed by atoms with Gasteiger partial charge in [0.15, 0.2) is 16.6 Å². The number of carbonyl (C=O) groups is 2. The zero-order valence-corrected chi connectivity index (χ0v) is 19.2. The summed E-state index contributed by atoms with van der Waals surface area (Å²) < 4.78 is 10.5. The maximum atomic E-state index is 12.3. The van der Waals surface area contributed by atoms with Crippen molar-refractivity contribution in [3.63, 3.8) is 0 Å². The molecule has 1 aromatic carbocycles. The number of thiophene rings is 1. The lowest BCUT2D eigenvalue weighted by Gasteiger charge is -2.18. The first-order valence-corrected chi connectivity index (χ1v) is 11.0. The van der Waals surface area contributed by atoms with Gasteiger partial charge in [-0.05, 0) is 66.7 Å². The molecule has 0 saturated heterocycles. The number of amides is 2. The normalized spacial score (nSPS) is 15.3. The number of hydrogen-bond acceptors (Lipinski definition) is 6. The van der Waals surface area contributed by atoms with E-state index >= 15 is 0 Å². The van der Waals surface area contributed by atoms with Crippen LogP contribution in [0.4, 0.5) is 5.00 Å². The summed E-state index contributed by atoms with van der Waals surface area (Å²) in [6.07, 6.45) is 5.76. The van der Waals surface area contributed by atoms with Crippen LogP contribution in [0.5, 0.6) is 11.5 Å². The molecule has 2 aromatic rings. The molecule has 0 spiro atoms. The van der Waals surface area contributed by atoms with Crippen molar-refractivity contribution < 1.29 is 19.1 Å². The Hall–Kier alpha value is -2.91. The highest BCUT2D eigenvalue weighted by atomic mass is 32.1. The van der Waals surface area contributed by atoms with E-state index in [1.165, 1.54) is 17.4 Å². The molecule has 7 nitrogen and oxygen atoms in total. The number of nitrogens with two attached hydrogens (primary N) is 1. The van der Waals surface area contributed by atoms with Gasteiger partial charge in [0.2, 0.25) is 5.91 Å². The fourth-order valence-corrected chi connectivity index (χ4v) is 5.20. The number of anilines is 1. The Balaban J connectivity index is 1.67. The van der Waals surface area contributed by atoms with E-state index in [1.54, 1.807) is 38.5 Å². The maximum Gasteiger partial charge on any atom is 0.251 e. The molecule has 1 aliphatic carbocycles. The fraction of sp³-hybridized carbons (Fsp3) is 0.318. The predicted octanol–water partition coefficient (Wildman–Crippen LogP) is 3.52. The molecule has 0 aliphatic heterocycles. The Labute approximate surface area is 190 Å². The molecule has 1 atom stereocenters. The van der Waals surface area contributed by atoms with Crippen LogP contribution in [-0.4, -0.2) is 31.1 Å². The number of methoxy groups -OCH3 is 2. The van der Waals surface area contributed by atoms with Crippen LogP contribution < -0.4 is 25.8 Å². The molecule has 3 rings (SSSR count). The van der Waals surface area contributed by atoms with E-state index in [0.29, 0.717) is 28.0 Å². The van der Waals surface area contributed by atoms with E-state index in [-0.39, 0.29) is 5.11 Å². The minimum Gasteiger partial charge on any atom is -0.493 e. The van der Waals surface area contributed by atoms with Crippen LogP contribution >= 0.6 is 23.6 Å². The molecule has 0 saturated carbocycles. The summed E-state index contributed by atoms with van der Waals surface area (Å²) in [4.78, 5) is 25.5. The van der Waals surface area contributed by atoms with Crippen LogP contribution in [0.25, 0.3) is 6.08 Å². The van der Waals surface area contributed by atoms with E-state index in [9.17, 15) is 9.59 Å². The van der Waals surface area contributed by atoms with Crippen LogP contribution in [0.2, 0.25) is 0 Å². The summed E-state index contributed by atoms with van der Waals surface area (Å²) in [6, 6.07) is 5.32. The number of ether oxygens (including phenoxy) is 2. The lowest BCUT2D eigenvalue weighted by atomic mass is 9.88. The lowest BCUT2D eigenvalue weighted by Crippen LogP contribution is -2.33. The molecular formula is C22H25N3O4S2. The van der Waals surface area contributed by atoms with Gasteiger partial charge in [-0.3, -0.25) is 14.9 Å². The van der Waals surface area contributed by atoms with E-state index < -0.39 is 11.8 Å². The summed E-state index contributed by atoms with van der Waals surface area (Å²) in [5.41, 5.74) is 7.86. The number of fused-ring (bicyclic) bond motifs is 1. The Kier molecular flexibility index (Phi) is 7.29. The monoisotopic (exact) mass is 459 g/mol. The number of primary amides is 1. The topological polar surface area (TPSA) is 103 Å². The maximum absolute atomic E-state index is 12.3. The minimum absolute atomic E-state index is 0.108. The molecule has 0 fully saturated rings. The molecule has 0 bridgehead atoms. The third-order valence-corrected chi connectivity index (χ3v) is 6.43. The smallest absolute Gasteiger partial charge is 0.251 e. The molecule has 164 valence electrons. The average molecular weight is 460 g/mol. The van der Waals surface area contributed by atoms with Gasteiger partial charge in [-0.25, -0.2) is 0 Å². The van der Waals surface area contributed by atoms with Crippen molar-refractivity contribution in [2.24, 2.45) is 11.7 Å². The Morgan fingerprint density at radius 2 is 2.00 bits per heavy atom. The first-order chi connectivity index (χ1) is 14.8. The summed E-state index contributed by atoms with van der Waals surface area (Å²) in [5.74, 6) is 0.845. The number of benzene rings is 1. The summed E-state index contributed by atoms with van der Waals surface area (Å²) >= 11 is 6.74. The molecular weight excluding hydrogens is 434 g/mol. The molecule has 31 heavy (non-hydrogen) atoms. The molecule has 2 amide bonds. The first-order valence-electron chi connectivity index (χ1n) is 9.78. The average Bonchev–Trinajstić information content (AvgIpc) is 3.08. The van der Waals surface area contributed by atoms with E-state index in [1.807, 2.05) is 0 Å². The van der Waals surface area contributed by atoms with Crippen molar-refractivity contribution in [2.75, 3.05) is 19.5 Å². The van der Waals surface area contributed by atoms with Gasteiger partial charge in [0.05, 0.1) is 19.8 Å². The van der Waals surface area contributed by atoms with Crippen LogP contribution in [-0.2, 0) is 17.6 Å². The number of rotatable bonds is 6. The zero-order chi connectivity index (χ0) is 22.5. The van der Waals surface area contributed by atoms with Gasteiger partial charge in [-0.15, -0.1) is 11.3 Å². The molecule has 1 unspecified atom stereocenters. The van der Waals surface area contributed by atoms with Gasteiger partial charge in [-0.1, -0.05) is 13.0 Å². The largest absolute Gasteiger partial charge is 0.493 e. The van der Waals surface area contributed by atoms with Crippen molar-refractivity contribution in [3.8, 4) is 11.5 Å². The van der Waals surface area contributed by atoms with Gasteiger partial charge in [-0.2, -0.15) is 0 Å². The summed E-state index contributed by atoms with van der Waals surface area (Å²) in [7, 11) is 3.11. The van der Waals surface area contributed by atoms with Crippen LogP contribution in [0.1, 0.15) is 39.7 Å². The minimum atomic E-state index is -0.489. The number of carbonyl (C=O) groups excluding carboxylic acids is 2. The molecule has 0 radical (unpaired) electrons. The predicted molar refractivity (Wildman–Crippen MR) is 127 cm³/mol. The fourth-order valence-electron chi connectivity index (χ4n) is 3.52. The molecule has 1 heterocycles. The standard InChI is InChI=1S/C22H25N3O4S2/c1-12-4-7-14-17(10-12)31-21(19(14)20(23)27)25-22(30)24-18(26)9-6-13-5-8-15(28-2)16(11-13)29-3/h5-6,8-9,11-12H,4,7,10H2,1-3H3,(H2,23,27)(H2,24,25,26,30)/b9-6+. The quantitative estimate of drug-likeness (QED) is 0.451. The van der Waals surface area contributed by atoms with Gasteiger partial charge < -0.3 is 20.5 Å². The van der Waals surface area contributed by atoms with Gasteiger partial charge in [0.1, 0.15) is 5.00 Å². The van der Waals surface area contributed by atoms with Gasteiger partial charge in [0.25, 0.3) is 5.91 Å². The van der Waals surface area contributed by atoms with Crippen LogP contribution in [0.15, 0.2) is 24.3 Å². The second-order valence-corrected chi connectivity index (χ2v) is 8.82. The Morgan fingerprint density at radius 3 is 2.68 bits per heavy atom. The van der Waals surface area contributed by atoms with Crippen molar-refractivity contribution >= 4 is 51.6 Å². The van der Waals surface area contributed by atoms with E-state index in [4.69, 9.17) is 27.4 Å². The van der Waals surface area contributed by atoms with E-state index in [0.717, 1.165) is 35.3 Å². The first kappa shape index (κ1) is 22.8. The van der Waals surface area contributed by atoms with Gasteiger partial charge >= 0.3 is 0 Å². The number of thiocarbonyl (C=S) groups is 1. The summed E-state index contributed by atoms with van der Waals surface area (Å²) in [6.45, 7) is 2.19.